The van der Waals surface area contributed by atoms with Crippen LogP contribution in [0.1, 0.15) is 13.8 Å². The Labute approximate surface area is 98.6 Å². The van der Waals surface area contributed by atoms with E-state index in [9.17, 15) is 14.9 Å². The summed E-state index contributed by atoms with van der Waals surface area (Å²) in [5, 5.41) is 19.6. The first-order valence-corrected chi connectivity index (χ1v) is 5.21. The third-order valence-electron chi connectivity index (χ3n) is 2.54. The predicted molar refractivity (Wildman–Crippen MR) is 63.2 cm³/mol. The van der Waals surface area contributed by atoms with Crippen molar-refractivity contribution in [2.45, 2.75) is 19.9 Å². The van der Waals surface area contributed by atoms with Crippen molar-refractivity contribution in [1.82, 2.24) is 0 Å². The highest BCUT2D eigenvalue weighted by Crippen LogP contribution is 2.22. The van der Waals surface area contributed by atoms with Crippen LogP contribution in [0.3, 0.4) is 0 Å². The number of non-ortho nitro benzene ring substituents is 1. The molecule has 0 heterocycles. The Morgan fingerprint density at radius 2 is 2.24 bits per heavy atom. The monoisotopic (exact) mass is 238 g/mol. The Balaban J connectivity index is 3.08. The molecular formula is C11H14N2O4. The quantitative estimate of drug-likeness (QED) is 0.625. The fourth-order valence-corrected chi connectivity index (χ4v) is 1.60. The SMILES string of the molecule is CCN(c1cccc([N+](=O)[O-])c1)[C@H](C)C(=O)O. The van der Waals surface area contributed by atoms with Gasteiger partial charge >= 0.3 is 5.97 Å². The highest BCUT2D eigenvalue weighted by Gasteiger charge is 2.20. The van der Waals surface area contributed by atoms with Crippen LogP contribution < -0.4 is 4.90 Å². The summed E-state index contributed by atoms with van der Waals surface area (Å²) in [6.07, 6.45) is 0. The van der Waals surface area contributed by atoms with Crippen molar-refractivity contribution in [3.63, 3.8) is 0 Å². The number of anilines is 1. The van der Waals surface area contributed by atoms with Crippen molar-refractivity contribution < 1.29 is 14.8 Å². The second-order valence-corrected chi connectivity index (χ2v) is 3.58. The van der Waals surface area contributed by atoms with E-state index in [4.69, 9.17) is 5.11 Å². The van der Waals surface area contributed by atoms with Crippen LogP contribution in [0.15, 0.2) is 24.3 Å². The van der Waals surface area contributed by atoms with E-state index in [1.165, 1.54) is 12.1 Å². The molecule has 1 aromatic carbocycles. The maximum Gasteiger partial charge on any atom is 0.326 e. The van der Waals surface area contributed by atoms with Crippen LogP contribution in [0.5, 0.6) is 0 Å². The van der Waals surface area contributed by atoms with Gasteiger partial charge in [-0.05, 0) is 19.9 Å². The van der Waals surface area contributed by atoms with E-state index in [1.54, 1.807) is 30.9 Å². The van der Waals surface area contributed by atoms with E-state index in [0.717, 1.165) is 0 Å². The molecule has 0 amide bonds. The summed E-state index contributed by atoms with van der Waals surface area (Å²) in [6, 6.07) is 5.24. The number of nitrogens with zero attached hydrogens (tertiary/aromatic N) is 2. The summed E-state index contributed by atoms with van der Waals surface area (Å²) < 4.78 is 0. The molecule has 0 unspecified atom stereocenters. The molecule has 6 heteroatoms. The van der Waals surface area contributed by atoms with Gasteiger partial charge < -0.3 is 10.0 Å². The van der Waals surface area contributed by atoms with Gasteiger partial charge in [-0.3, -0.25) is 10.1 Å². The molecule has 1 aromatic rings. The van der Waals surface area contributed by atoms with Crippen LogP contribution in [0.2, 0.25) is 0 Å². The molecule has 0 saturated heterocycles. The number of rotatable bonds is 5. The number of likely N-dealkylation sites (N-methyl/N-ethyl adjacent to an activating group) is 1. The maximum atomic E-state index is 10.9. The molecule has 6 nitrogen and oxygen atoms in total. The lowest BCUT2D eigenvalue weighted by molar-refractivity contribution is -0.384. The number of benzene rings is 1. The van der Waals surface area contributed by atoms with Gasteiger partial charge in [0, 0.05) is 24.4 Å². The molecular weight excluding hydrogens is 224 g/mol. The molecule has 0 radical (unpaired) electrons. The number of carboxylic acids is 1. The maximum absolute atomic E-state index is 10.9. The average molecular weight is 238 g/mol. The number of hydrogen-bond donors (Lipinski definition) is 1. The fraction of sp³-hybridized carbons (Fsp3) is 0.364. The van der Waals surface area contributed by atoms with E-state index in [1.807, 2.05) is 0 Å². The van der Waals surface area contributed by atoms with Crippen LogP contribution in [-0.2, 0) is 4.79 Å². The zero-order chi connectivity index (χ0) is 13.0. The Kier molecular flexibility index (Phi) is 4.03. The van der Waals surface area contributed by atoms with Gasteiger partial charge in [0.15, 0.2) is 0 Å². The van der Waals surface area contributed by atoms with Gasteiger partial charge in [-0.1, -0.05) is 6.07 Å². The third kappa shape index (κ3) is 2.93. The van der Waals surface area contributed by atoms with E-state index < -0.39 is 16.9 Å². The fourth-order valence-electron chi connectivity index (χ4n) is 1.60. The third-order valence-corrected chi connectivity index (χ3v) is 2.54. The van der Waals surface area contributed by atoms with Gasteiger partial charge in [0.25, 0.3) is 5.69 Å². The Morgan fingerprint density at radius 3 is 2.71 bits per heavy atom. The highest BCUT2D eigenvalue weighted by molar-refractivity contribution is 5.78. The first-order chi connectivity index (χ1) is 7.97. The summed E-state index contributed by atoms with van der Waals surface area (Å²) >= 11 is 0. The topological polar surface area (TPSA) is 83.7 Å². The minimum atomic E-state index is -0.960. The second-order valence-electron chi connectivity index (χ2n) is 3.58. The van der Waals surface area contributed by atoms with E-state index in [2.05, 4.69) is 0 Å². The summed E-state index contributed by atoms with van der Waals surface area (Å²) in [5.74, 6) is -0.960. The standard InChI is InChI=1S/C11H14N2O4/c1-3-12(8(2)11(14)15)9-5-4-6-10(7-9)13(16)17/h4-8H,3H2,1-2H3,(H,14,15)/t8-/m1/s1. The normalized spacial score (nSPS) is 11.9. The van der Waals surface area contributed by atoms with Crippen molar-refractivity contribution in [2.75, 3.05) is 11.4 Å². The van der Waals surface area contributed by atoms with Gasteiger partial charge in [-0.15, -0.1) is 0 Å². The number of hydrogen-bond acceptors (Lipinski definition) is 4. The van der Waals surface area contributed by atoms with Crippen molar-refractivity contribution in [3.8, 4) is 0 Å². The molecule has 1 N–H and O–H groups in total. The molecule has 17 heavy (non-hydrogen) atoms. The van der Waals surface area contributed by atoms with Gasteiger partial charge in [-0.2, -0.15) is 0 Å². The molecule has 0 aliphatic rings. The Hall–Kier alpha value is -2.11. The summed E-state index contributed by atoms with van der Waals surface area (Å²) in [6.45, 7) is 3.82. The highest BCUT2D eigenvalue weighted by atomic mass is 16.6. The number of carboxylic acid groups (broad SMARTS) is 1. The van der Waals surface area contributed by atoms with Gasteiger partial charge in [0.2, 0.25) is 0 Å². The van der Waals surface area contributed by atoms with Crippen LogP contribution in [0.4, 0.5) is 11.4 Å². The zero-order valence-electron chi connectivity index (χ0n) is 9.66. The Bertz CT molecular complexity index is 433. The molecule has 0 aliphatic carbocycles. The average Bonchev–Trinajstić information content (AvgIpc) is 2.30. The van der Waals surface area contributed by atoms with Gasteiger partial charge in [0.05, 0.1) is 4.92 Å². The molecule has 0 bridgehead atoms. The molecule has 0 aliphatic heterocycles. The van der Waals surface area contributed by atoms with Crippen LogP contribution in [-0.4, -0.2) is 28.6 Å². The largest absolute Gasteiger partial charge is 0.480 e. The van der Waals surface area contributed by atoms with Crippen molar-refractivity contribution in [1.29, 1.82) is 0 Å². The number of aliphatic carboxylic acids is 1. The van der Waals surface area contributed by atoms with Crippen molar-refractivity contribution >= 4 is 17.3 Å². The summed E-state index contributed by atoms with van der Waals surface area (Å²) in [4.78, 5) is 22.7. The lowest BCUT2D eigenvalue weighted by Gasteiger charge is -2.26. The molecule has 0 fully saturated rings. The first-order valence-electron chi connectivity index (χ1n) is 5.21. The second kappa shape index (κ2) is 5.29. The molecule has 0 aromatic heterocycles. The lowest BCUT2D eigenvalue weighted by atomic mass is 10.2. The number of nitro benzene ring substituents is 1. The summed E-state index contributed by atoms with van der Waals surface area (Å²) in [7, 11) is 0. The predicted octanol–water partition coefficient (Wildman–Crippen LogP) is 1.89. The summed E-state index contributed by atoms with van der Waals surface area (Å²) in [5.41, 5.74) is 0.495. The molecule has 0 saturated carbocycles. The molecule has 92 valence electrons. The van der Waals surface area contributed by atoms with Crippen LogP contribution >= 0.6 is 0 Å². The van der Waals surface area contributed by atoms with Gasteiger partial charge in [0.1, 0.15) is 6.04 Å². The van der Waals surface area contributed by atoms with Crippen molar-refractivity contribution in [2.24, 2.45) is 0 Å². The van der Waals surface area contributed by atoms with E-state index in [0.29, 0.717) is 12.2 Å². The van der Waals surface area contributed by atoms with Gasteiger partial charge in [-0.25, -0.2) is 4.79 Å². The smallest absolute Gasteiger partial charge is 0.326 e. The van der Waals surface area contributed by atoms with E-state index >= 15 is 0 Å². The van der Waals surface area contributed by atoms with Crippen LogP contribution in [0, 0.1) is 10.1 Å². The first kappa shape index (κ1) is 13.0. The lowest BCUT2D eigenvalue weighted by Crippen LogP contribution is -2.38. The van der Waals surface area contributed by atoms with E-state index in [-0.39, 0.29) is 5.69 Å². The molecule has 0 spiro atoms. The van der Waals surface area contributed by atoms with Crippen LogP contribution in [0.25, 0.3) is 0 Å². The zero-order valence-corrected chi connectivity index (χ0v) is 9.66. The van der Waals surface area contributed by atoms with Crippen molar-refractivity contribution in [3.05, 3.63) is 34.4 Å². The molecule has 1 atom stereocenters. The number of carbonyl (C=O) groups is 1. The Morgan fingerprint density at radius 1 is 1.59 bits per heavy atom. The molecule has 1 rings (SSSR count). The minimum absolute atomic E-state index is 0.0430. The number of nitro groups is 1. The minimum Gasteiger partial charge on any atom is -0.480 e.